The summed E-state index contributed by atoms with van der Waals surface area (Å²) in [6.45, 7) is -5.38. The number of H-pyrrole nitrogens is 1. The molecule has 0 aliphatic carbocycles. The molecule has 2 heterocycles. The molecule has 150 valence electrons. The third-order valence-electron chi connectivity index (χ3n) is 4.54. The van der Waals surface area contributed by atoms with Crippen LogP contribution in [-0.4, -0.2) is 26.9 Å². The molecule has 0 aliphatic heterocycles. The van der Waals surface area contributed by atoms with Gasteiger partial charge >= 0.3 is 6.61 Å². The smallest absolute Gasteiger partial charge is 0.387 e. The third-order valence-corrected chi connectivity index (χ3v) is 4.84. The van der Waals surface area contributed by atoms with E-state index in [0.29, 0.717) is 10.9 Å². The fourth-order valence-corrected chi connectivity index (χ4v) is 3.52. The molecule has 2 N–H and O–H groups in total. The molecule has 5 nitrogen and oxygen atoms in total. The van der Waals surface area contributed by atoms with Crippen LogP contribution in [0.2, 0.25) is 5.02 Å². The van der Waals surface area contributed by atoms with E-state index in [1.807, 2.05) is 0 Å². The lowest BCUT2D eigenvalue weighted by atomic mass is 9.94. The van der Waals surface area contributed by atoms with E-state index < -0.39 is 25.7 Å². The van der Waals surface area contributed by atoms with Crippen molar-refractivity contribution < 1.29 is 27.4 Å². The summed E-state index contributed by atoms with van der Waals surface area (Å²) in [5, 5.41) is 17.0. The van der Waals surface area contributed by atoms with Crippen molar-refractivity contribution in [3.8, 4) is 22.8 Å². The monoisotopic (exact) mass is 425 g/mol. The van der Waals surface area contributed by atoms with Crippen LogP contribution in [0, 0.1) is 0 Å². The largest absolute Gasteiger partial charge is 0.506 e. The van der Waals surface area contributed by atoms with Gasteiger partial charge < -0.3 is 9.84 Å². The molecule has 0 bridgehead atoms. The number of ether oxygens (including phenoxy) is 1. The Morgan fingerprint density at radius 2 is 1.93 bits per heavy atom. The second kappa shape index (κ2) is 7.40. The summed E-state index contributed by atoms with van der Waals surface area (Å²) >= 11 is 5.99. The van der Waals surface area contributed by atoms with E-state index in [1.54, 1.807) is 0 Å². The van der Waals surface area contributed by atoms with E-state index in [9.17, 15) is 22.7 Å². The predicted octanol–water partition coefficient (Wildman–Crippen LogP) is 5.68. The Hall–Kier alpha value is -3.07. The zero-order chi connectivity index (χ0) is 20.7. The van der Waals surface area contributed by atoms with Crippen LogP contribution in [0.4, 0.5) is 17.6 Å². The number of phenols is 1. The Morgan fingerprint density at radius 1 is 1.14 bits per heavy atom. The van der Waals surface area contributed by atoms with Crippen LogP contribution in [0.5, 0.6) is 11.5 Å². The molecule has 0 amide bonds. The topological polar surface area (TPSA) is 71.0 Å². The minimum Gasteiger partial charge on any atom is -0.506 e. The quantitative estimate of drug-likeness (QED) is 0.404. The first-order valence-electron chi connectivity index (χ1n) is 8.31. The van der Waals surface area contributed by atoms with Gasteiger partial charge in [0.25, 0.3) is 0 Å². The van der Waals surface area contributed by atoms with E-state index in [4.69, 9.17) is 11.6 Å². The highest BCUT2D eigenvalue weighted by Gasteiger charge is 2.23. The summed E-state index contributed by atoms with van der Waals surface area (Å²) in [6, 6.07) is 5.30. The fraction of sp³-hybridized carbons (Fsp3) is 0.158. The van der Waals surface area contributed by atoms with Gasteiger partial charge in [0.15, 0.2) is 5.65 Å². The molecule has 0 radical (unpaired) electrons. The van der Waals surface area contributed by atoms with Crippen LogP contribution in [0.1, 0.15) is 11.1 Å². The number of nitrogens with zero attached hydrogens (tertiary/aromatic N) is 2. The van der Waals surface area contributed by atoms with Gasteiger partial charge in [0.2, 0.25) is 0 Å². The lowest BCUT2D eigenvalue weighted by Gasteiger charge is -2.17. The van der Waals surface area contributed by atoms with Gasteiger partial charge in [-0.25, -0.2) is 13.8 Å². The molecule has 4 rings (SSSR count). The van der Waals surface area contributed by atoms with Crippen molar-refractivity contribution in [2.24, 2.45) is 0 Å². The van der Waals surface area contributed by atoms with Gasteiger partial charge in [-0.1, -0.05) is 11.6 Å². The molecule has 0 atom stereocenters. The number of phenolic OH excluding ortho intramolecular Hbond substituents is 1. The fourth-order valence-electron chi connectivity index (χ4n) is 3.34. The van der Waals surface area contributed by atoms with Crippen LogP contribution in [0.15, 0.2) is 30.5 Å². The third kappa shape index (κ3) is 3.21. The summed E-state index contributed by atoms with van der Waals surface area (Å²) in [7, 11) is 0. The van der Waals surface area contributed by atoms with Gasteiger partial charge in [-0.15, -0.1) is 0 Å². The number of halogens is 5. The van der Waals surface area contributed by atoms with Crippen molar-refractivity contribution in [3.05, 3.63) is 46.6 Å². The van der Waals surface area contributed by atoms with Crippen LogP contribution < -0.4 is 4.74 Å². The number of pyridine rings is 1. The van der Waals surface area contributed by atoms with Crippen LogP contribution in [0.3, 0.4) is 0 Å². The molecule has 0 fully saturated rings. The maximum Gasteiger partial charge on any atom is 0.387 e. The molecule has 0 saturated carbocycles. The van der Waals surface area contributed by atoms with Crippen molar-refractivity contribution in [3.63, 3.8) is 0 Å². The molecular formula is C19H12ClF4N3O2. The van der Waals surface area contributed by atoms with E-state index in [2.05, 4.69) is 19.9 Å². The van der Waals surface area contributed by atoms with Gasteiger partial charge in [-0.2, -0.15) is 13.9 Å². The molecule has 2 aromatic carbocycles. The van der Waals surface area contributed by atoms with Crippen molar-refractivity contribution >= 4 is 33.4 Å². The number of nitrogens with one attached hydrogen (secondary N) is 1. The number of aromatic amines is 1. The highest BCUT2D eigenvalue weighted by molar-refractivity contribution is 6.32. The van der Waals surface area contributed by atoms with Crippen molar-refractivity contribution in [1.29, 1.82) is 0 Å². The summed E-state index contributed by atoms with van der Waals surface area (Å²) in [5.41, 5.74) is 0.700. The number of hydrogen-bond donors (Lipinski definition) is 2. The first-order valence-corrected chi connectivity index (χ1v) is 8.69. The lowest BCUT2D eigenvalue weighted by Crippen LogP contribution is -2.06. The average molecular weight is 426 g/mol. The number of benzene rings is 2. The van der Waals surface area contributed by atoms with Gasteiger partial charge in [0, 0.05) is 27.3 Å². The SMILES string of the molecule is Oc1ccc(-c2nc3[nH]ncc3c3c(CF)c(OC(F)F)cc(CF)c23)cc1Cl. The summed E-state index contributed by atoms with van der Waals surface area (Å²) < 4.78 is 58.0. The lowest BCUT2D eigenvalue weighted by molar-refractivity contribution is -0.0506. The number of fused-ring (bicyclic) bond motifs is 3. The Morgan fingerprint density at radius 3 is 2.59 bits per heavy atom. The predicted molar refractivity (Wildman–Crippen MR) is 99.8 cm³/mol. The summed E-state index contributed by atoms with van der Waals surface area (Å²) in [4.78, 5) is 4.44. The molecule has 0 aliphatic rings. The number of aromatic hydroxyl groups is 1. The standard InChI is InChI=1S/C19H12ClF4N3O2/c20-12-3-8(1-2-13(12)28)17-15-9(5-21)4-14(29-19(23)24)10(6-22)16(15)11-7-25-27-18(11)26-17/h1-4,7,19,28H,5-6H2,(H,25,26,27). The molecule has 0 unspecified atom stereocenters. The van der Waals surface area contributed by atoms with E-state index in [1.165, 1.54) is 24.4 Å². The maximum absolute atomic E-state index is 14.0. The van der Waals surface area contributed by atoms with Gasteiger partial charge in [0.05, 0.1) is 16.9 Å². The minimum atomic E-state index is -3.21. The van der Waals surface area contributed by atoms with Crippen LogP contribution >= 0.6 is 11.6 Å². The first kappa shape index (κ1) is 19.3. The second-order valence-corrected chi connectivity index (χ2v) is 6.57. The molecule has 10 heteroatoms. The number of hydrogen-bond acceptors (Lipinski definition) is 4. The number of alkyl halides is 4. The number of rotatable bonds is 5. The molecular weight excluding hydrogens is 414 g/mol. The van der Waals surface area contributed by atoms with Gasteiger partial charge in [0.1, 0.15) is 24.8 Å². The molecule has 2 aromatic heterocycles. The average Bonchev–Trinajstić information content (AvgIpc) is 3.17. The Labute approximate surface area is 165 Å². The van der Waals surface area contributed by atoms with Crippen LogP contribution in [0.25, 0.3) is 33.1 Å². The summed E-state index contributed by atoms with van der Waals surface area (Å²) in [6.07, 6.45) is 1.35. The van der Waals surface area contributed by atoms with Crippen LogP contribution in [-0.2, 0) is 13.3 Å². The molecule has 29 heavy (non-hydrogen) atoms. The zero-order valence-electron chi connectivity index (χ0n) is 14.5. The van der Waals surface area contributed by atoms with Crippen molar-refractivity contribution in [1.82, 2.24) is 15.2 Å². The first-order chi connectivity index (χ1) is 13.9. The molecule has 0 spiro atoms. The molecule has 4 aromatic rings. The van der Waals surface area contributed by atoms with Crippen molar-refractivity contribution in [2.75, 3.05) is 0 Å². The number of aromatic nitrogens is 3. The van der Waals surface area contributed by atoms with E-state index in [-0.39, 0.29) is 44.0 Å². The highest BCUT2D eigenvalue weighted by atomic mass is 35.5. The highest BCUT2D eigenvalue weighted by Crippen LogP contribution is 2.42. The second-order valence-electron chi connectivity index (χ2n) is 6.17. The van der Waals surface area contributed by atoms with Gasteiger partial charge in [-0.3, -0.25) is 5.10 Å². The Kier molecular flexibility index (Phi) is 4.91. The van der Waals surface area contributed by atoms with E-state index in [0.717, 1.165) is 6.07 Å². The Balaban J connectivity index is 2.18. The van der Waals surface area contributed by atoms with Gasteiger partial charge in [-0.05, 0) is 29.8 Å². The van der Waals surface area contributed by atoms with Crippen molar-refractivity contribution in [2.45, 2.75) is 20.0 Å². The molecule has 0 saturated heterocycles. The maximum atomic E-state index is 14.0. The zero-order valence-corrected chi connectivity index (χ0v) is 15.3. The normalized spacial score (nSPS) is 11.7. The van der Waals surface area contributed by atoms with E-state index >= 15 is 0 Å². The minimum absolute atomic E-state index is 0.0114. The summed E-state index contributed by atoms with van der Waals surface area (Å²) in [5.74, 6) is -0.615. The Bertz CT molecular complexity index is 1230.